The van der Waals surface area contributed by atoms with Crippen molar-refractivity contribution in [2.45, 2.75) is 51.7 Å². The van der Waals surface area contributed by atoms with E-state index in [1.54, 1.807) is 26.4 Å². The molecule has 0 bridgehead atoms. The van der Waals surface area contributed by atoms with Gasteiger partial charge in [0.1, 0.15) is 23.9 Å². The van der Waals surface area contributed by atoms with E-state index < -0.39 is 11.5 Å². The Kier molecular flexibility index (Phi) is 9.48. The van der Waals surface area contributed by atoms with Gasteiger partial charge in [-0.3, -0.25) is 4.79 Å². The molecule has 0 aromatic heterocycles. The van der Waals surface area contributed by atoms with Gasteiger partial charge in [0.05, 0.1) is 33.4 Å². The lowest BCUT2D eigenvalue weighted by atomic mass is 9.80. The summed E-state index contributed by atoms with van der Waals surface area (Å²) >= 11 is 0. The summed E-state index contributed by atoms with van der Waals surface area (Å²) in [7, 11) is 4.55. The van der Waals surface area contributed by atoms with Gasteiger partial charge in [-0.1, -0.05) is 38.1 Å². The zero-order chi connectivity index (χ0) is 28.9. The fourth-order valence-electron chi connectivity index (χ4n) is 5.27. The normalized spacial score (nSPS) is 14.9. The van der Waals surface area contributed by atoms with Crippen molar-refractivity contribution in [1.29, 1.82) is 0 Å². The molecule has 1 unspecified atom stereocenters. The number of carbonyl (C=O) groups excluding carboxylic acids is 1. The van der Waals surface area contributed by atoms with Crippen LogP contribution in [0.25, 0.3) is 11.1 Å². The second-order valence-corrected chi connectivity index (χ2v) is 11.1. The third-order valence-corrected chi connectivity index (χ3v) is 7.71. The Hall–Kier alpha value is -3.42. The second kappa shape index (κ2) is 12.8. The molecular formula is C33H39FO6. The zero-order valence-corrected chi connectivity index (χ0v) is 23.9. The Labute approximate surface area is 236 Å². The van der Waals surface area contributed by atoms with Gasteiger partial charge in [-0.05, 0) is 83.3 Å². The summed E-state index contributed by atoms with van der Waals surface area (Å²) in [6.45, 7) is 3.98. The fourth-order valence-corrected chi connectivity index (χ4v) is 5.27. The van der Waals surface area contributed by atoms with Crippen LogP contribution in [0.5, 0.6) is 11.5 Å². The molecule has 0 saturated heterocycles. The molecule has 1 fully saturated rings. The van der Waals surface area contributed by atoms with Gasteiger partial charge in [0.25, 0.3) is 0 Å². The van der Waals surface area contributed by atoms with Gasteiger partial charge in [0, 0.05) is 18.1 Å². The molecule has 0 heterocycles. The van der Waals surface area contributed by atoms with Crippen LogP contribution in [0.15, 0.2) is 60.7 Å². The average Bonchev–Trinajstić information content (AvgIpc) is 3.81. The molecule has 0 radical (unpaired) electrons. The Balaban J connectivity index is 1.64. The molecule has 3 aromatic rings. The summed E-state index contributed by atoms with van der Waals surface area (Å²) in [6.07, 6.45) is 2.07. The summed E-state index contributed by atoms with van der Waals surface area (Å²) in [6, 6.07) is 18.2. The first-order valence-corrected chi connectivity index (χ1v) is 13.6. The molecule has 214 valence electrons. The molecule has 0 aliphatic heterocycles. The van der Waals surface area contributed by atoms with E-state index >= 15 is 4.39 Å². The van der Waals surface area contributed by atoms with E-state index in [0.717, 1.165) is 29.5 Å². The van der Waals surface area contributed by atoms with Crippen LogP contribution in [-0.2, 0) is 20.9 Å². The van der Waals surface area contributed by atoms with E-state index in [2.05, 4.69) is 0 Å². The van der Waals surface area contributed by atoms with Gasteiger partial charge in [0.15, 0.2) is 0 Å². The highest BCUT2D eigenvalue weighted by Gasteiger charge is 2.35. The third-order valence-electron chi connectivity index (χ3n) is 7.71. The maximum Gasteiger partial charge on any atom is 0.306 e. The largest absolute Gasteiger partial charge is 0.497 e. The van der Waals surface area contributed by atoms with Crippen molar-refractivity contribution in [3.05, 3.63) is 83.2 Å². The SMILES string of the molecule is COC(=O)C[C@H](c1cccc(OCc2ccc(-c3cc(OC)ccc3F)c(C(OC)C(C)(C)CO)c2)c1)C1CC1. The summed E-state index contributed by atoms with van der Waals surface area (Å²) in [4.78, 5) is 12.0. The lowest BCUT2D eigenvalue weighted by Crippen LogP contribution is -2.28. The molecule has 1 saturated carbocycles. The number of hydrogen-bond acceptors (Lipinski definition) is 6. The topological polar surface area (TPSA) is 74.2 Å². The highest BCUT2D eigenvalue weighted by molar-refractivity contribution is 5.71. The lowest BCUT2D eigenvalue weighted by molar-refractivity contribution is -0.141. The predicted octanol–water partition coefficient (Wildman–Crippen LogP) is 6.84. The number of rotatable bonds is 13. The quantitative estimate of drug-likeness (QED) is 0.235. The molecule has 2 atom stereocenters. The first kappa shape index (κ1) is 29.6. The Morgan fingerprint density at radius 2 is 1.77 bits per heavy atom. The highest BCUT2D eigenvalue weighted by atomic mass is 19.1. The molecule has 7 heteroatoms. The van der Waals surface area contributed by atoms with Crippen molar-refractivity contribution in [2.75, 3.05) is 27.9 Å². The zero-order valence-electron chi connectivity index (χ0n) is 23.9. The molecule has 3 aromatic carbocycles. The molecule has 0 spiro atoms. The molecule has 4 rings (SSSR count). The van der Waals surface area contributed by atoms with Crippen molar-refractivity contribution < 1.29 is 33.2 Å². The van der Waals surface area contributed by atoms with Crippen molar-refractivity contribution in [3.8, 4) is 22.6 Å². The van der Waals surface area contributed by atoms with E-state index in [9.17, 15) is 9.90 Å². The van der Waals surface area contributed by atoms with Crippen molar-refractivity contribution >= 4 is 5.97 Å². The summed E-state index contributed by atoms with van der Waals surface area (Å²) in [5.41, 5.74) is 3.10. The Morgan fingerprint density at radius 3 is 2.42 bits per heavy atom. The number of carbonyl (C=O) groups is 1. The van der Waals surface area contributed by atoms with Crippen LogP contribution in [0.2, 0.25) is 0 Å². The standard InChI is InChI=1S/C33H39FO6/c1-33(2,20-35)32(39-5)29-15-21(9-13-26(29)28-17-24(37-3)12-14-30(28)34)19-40-25-8-6-7-23(16-25)27(22-10-11-22)18-31(36)38-4/h6-9,12-17,22,27,32,35H,10-11,18-20H2,1-5H3/t27-,32?/m0/s1. The van der Waals surface area contributed by atoms with Crippen molar-refractivity contribution in [1.82, 2.24) is 0 Å². The molecule has 0 amide bonds. The molecule has 6 nitrogen and oxygen atoms in total. The number of esters is 1. The second-order valence-electron chi connectivity index (χ2n) is 11.1. The lowest BCUT2D eigenvalue weighted by Gasteiger charge is -2.33. The number of hydrogen-bond donors (Lipinski definition) is 1. The van der Waals surface area contributed by atoms with E-state index in [4.69, 9.17) is 18.9 Å². The minimum absolute atomic E-state index is 0.114. The smallest absolute Gasteiger partial charge is 0.306 e. The minimum Gasteiger partial charge on any atom is -0.497 e. The highest BCUT2D eigenvalue weighted by Crippen LogP contribution is 2.45. The van der Waals surface area contributed by atoms with Crippen LogP contribution in [0.4, 0.5) is 4.39 Å². The first-order chi connectivity index (χ1) is 19.2. The molecular weight excluding hydrogens is 511 g/mol. The number of ether oxygens (including phenoxy) is 4. The minimum atomic E-state index is -0.635. The van der Waals surface area contributed by atoms with Gasteiger partial charge in [-0.2, -0.15) is 0 Å². The van der Waals surface area contributed by atoms with Gasteiger partial charge in [0.2, 0.25) is 0 Å². The van der Waals surface area contributed by atoms with E-state index in [1.165, 1.54) is 13.2 Å². The number of aliphatic hydroxyl groups excluding tert-OH is 1. The van der Waals surface area contributed by atoms with Gasteiger partial charge in [-0.15, -0.1) is 0 Å². The monoisotopic (exact) mass is 550 g/mol. The van der Waals surface area contributed by atoms with E-state index in [0.29, 0.717) is 35.0 Å². The summed E-state index contributed by atoms with van der Waals surface area (Å²) < 4.78 is 37.4. The third kappa shape index (κ3) is 6.83. The number of benzene rings is 3. The molecule has 1 aliphatic carbocycles. The van der Waals surface area contributed by atoms with Gasteiger partial charge in [-0.25, -0.2) is 4.39 Å². The Bertz CT molecular complexity index is 1320. The van der Waals surface area contributed by atoms with Crippen molar-refractivity contribution in [2.24, 2.45) is 11.3 Å². The number of methoxy groups -OCH3 is 3. The number of aliphatic hydroxyl groups is 1. The maximum absolute atomic E-state index is 15.1. The van der Waals surface area contributed by atoms with Crippen LogP contribution in [0.3, 0.4) is 0 Å². The van der Waals surface area contributed by atoms with Crippen LogP contribution < -0.4 is 9.47 Å². The van der Waals surface area contributed by atoms with Gasteiger partial charge >= 0.3 is 5.97 Å². The van der Waals surface area contributed by atoms with Crippen LogP contribution in [0.1, 0.15) is 61.8 Å². The molecule has 1 N–H and O–H groups in total. The Morgan fingerprint density at radius 1 is 1.00 bits per heavy atom. The molecule has 1 aliphatic rings. The number of halogens is 1. The average molecular weight is 551 g/mol. The van der Waals surface area contributed by atoms with E-state index in [1.807, 2.05) is 56.3 Å². The van der Waals surface area contributed by atoms with Crippen LogP contribution >= 0.6 is 0 Å². The maximum atomic E-state index is 15.1. The van der Waals surface area contributed by atoms with E-state index in [-0.39, 0.29) is 30.9 Å². The van der Waals surface area contributed by atoms with Gasteiger partial charge < -0.3 is 24.1 Å². The van der Waals surface area contributed by atoms with Crippen molar-refractivity contribution in [3.63, 3.8) is 0 Å². The predicted molar refractivity (Wildman–Crippen MR) is 152 cm³/mol. The summed E-state index contributed by atoms with van der Waals surface area (Å²) in [5.74, 6) is 1.27. The fraction of sp³-hybridized carbons (Fsp3) is 0.424. The first-order valence-electron chi connectivity index (χ1n) is 13.6. The van der Waals surface area contributed by atoms with Crippen LogP contribution in [-0.4, -0.2) is 39.0 Å². The van der Waals surface area contributed by atoms with Crippen LogP contribution in [0, 0.1) is 17.2 Å². The molecule has 40 heavy (non-hydrogen) atoms. The summed E-state index contributed by atoms with van der Waals surface area (Å²) in [5, 5.41) is 10.1.